The van der Waals surface area contributed by atoms with E-state index in [9.17, 15) is 14.7 Å². The first kappa shape index (κ1) is 19.0. The topological polar surface area (TPSA) is 99.4 Å². The van der Waals surface area contributed by atoms with Crippen LogP contribution in [0.1, 0.15) is 35.2 Å². The van der Waals surface area contributed by atoms with Crippen molar-refractivity contribution in [3.05, 3.63) is 64.7 Å². The molecule has 2 rings (SSSR count). The predicted octanol–water partition coefficient (Wildman–Crippen LogP) is 2.88. The first-order valence-electron chi connectivity index (χ1n) is 8.09. The van der Waals surface area contributed by atoms with Gasteiger partial charge in [0.15, 0.2) is 12.1 Å². The molecule has 6 nitrogen and oxygen atoms in total. The lowest BCUT2D eigenvalue weighted by atomic mass is 10.0. The Morgan fingerprint density at radius 3 is 2.46 bits per heavy atom. The average molecular weight is 352 g/mol. The Bertz CT molecular complexity index is 870. The summed E-state index contributed by atoms with van der Waals surface area (Å²) in [5.74, 6) is -1.47. The first-order valence-corrected chi connectivity index (χ1v) is 8.09. The summed E-state index contributed by atoms with van der Waals surface area (Å²) in [5, 5.41) is 21.1. The number of nitrogens with zero attached hydrogens (tertiary/aromatic N) is 1. The van der Waals surface area contributed by atoms with Gasteiger partial charge in [0.25, 0.3) is 5.91 Å². The Morgan fingerprint density at radius 2 is 1.85 bits per heavy atom. The lowest BCUT2D eigenvalue weighted by molar-refractivity contribution is -0.143. The summed E-state index contributed by atoms with van der Waals surface area (Å²) in [6.07, 6.45) is -0.960. The van der Waals surface area contributed by atoms with Crippen molar-refractivity contribution in [1.82, 2.24) is 5.32 Å². The van der Waals surface area contributed by atoms with Gasteiger partial charge in [0.2, 0.25) is 0 Å². The van der Waals surface area contributed by atoms with Crippen LogP contribution in [0.5, 0.6) is 5.75 Å². The maximum Gasteiger partial charge on any atom is 0.330 e. The molecule has 0 heterocycles. The quantitative estimate of drug-likeness (QED) is 0.833. The smallest absolute Gasteiger partial charge is 0.330 e. The number of carbonyl (C=O) groups is 2. The van der Waals surface area contributed by atoms with Crippen molar-refractivity contribution in [2.45, 2.75) is 32.9 Å². The molecule has 0 bridgehead atoms. The van der Waals surface area contributed by atoms with Crippen molar-refractivity contribution in [2.75, 3.05) is 0 Å². The molecule has 0 saturated heterocycles. The largest absolute Gasteiger partial charge is 0.480 e. The number of hydrogen-bond donors (Lipinski definition) is 2. The standard InChI is InChI=1S/C20H20N2O4/c1-12-8-9-15(10-13(12)2)18(20(24)25)22-19(23)14(3)26-17-7-5-4-6-16(17)11-21/h4-10,14,18H,1-3H3,(H,22,23)(H,24,25). The Hall–Kier alpha value is -3.33. The molecule has 0 fully saturated rings. The lowest BCUT2D eigenvalue weighted by Crippen LogP contribution is -2.41. The zero-order valence-electron chi connectivity index (χ0n) is 14.8. The van der Waals surface area contributed by atoms with Crippen molar-refractivity contribution in [2.24, 2.45) is 0 Å². The van der Waals surface area contributed by atoms with E-state index in [0.717, 1.165) is 11.1 Å². The van der Waals surface area contributed by atoms with E-state index in [1.54, 1.807) is 36.4 Å². The summed E-state index contributed by atoms with van der Waals surface area (Å²) >= 11 is 0. The Balaban J connectivity index is 2.15. The molecule has 0 aliphatic heterocycles. The second-order valence-corrected chi connectivity index (χ2v) is 5.99. The summed E-state index contributed by atoms with van der Waals surface area (Å²) in [7, 11) is 0. The van der Waals surface area contributed by atoms with Gasteiger partial charge < -0.3 is 15.2 Å². The van der Waals surface area contributed by atoms with E-state index in [2.05, 4.69) is 5.32 Å². The summed E-state index contributed by atoms with van der Waals surface area (Å²) < 4.78 is 5.53. The lowest BCUT2D eigenvalue weighted by Gasteiger charge is -2.20. The number of nitriles is 1. The molecule has 2 aromatic rings. The van der Waals surface area contributed by atoms with Gasteiger partial charge in [-0.15, -0.1) is 0 Å². The highest BCUT2D eigenvalue weighted by molar-refractivity contribution is 5.87. The minimum atomic E-state index is -1.18. The molecule has 6 heteroatoms. The molecule has 2 N–H and O–H groups in total. The molecule has 0 saturated carbocycles. The molecule has 0 aliphatic rings. The number of aryl methyl sites for hydroxylation is 2. The number of para-hydroxylation sites is 1. The minimum absolute atomic E-state index is 0.274. The molecule has 2 aromatic carbocycles. The summed E-state index contributed by atoms with van der Waals surface area (Å²) in [6, 6.07) is 12.6. The van der Waals surface area contributed by atoms with Crippen LogP contribution in [0, 0.1) is 25.2 Å². The van der Waals surface area contributed by atoms with Crippen LogP contribution < -0.4 is 10.1 Å². The van der Waals surface area contributed by atoms with Gasteiger partial charge in [-0.2, -0.15) is 5.26 Å². The normalized spacial score (nSPS) is 12.5. The Kier molecular flexibility index (Phi) is 5.97. The molecular weight excluding hydrogens is 332 g/mol. The fourth-order valence-corrected chi connectivity index (χ4v) is 2.40. The van der Waals surface area contributed by atoms with Crippen molar-refractivity contribution >= 4 is 11.9 Å². The number of nitrogens with one attached hydrogen (secondary N) is 1. The highest BCUT2D eigenvalue weighted by Crippen LogP contribution is 2.20. The van der Waals surface area contributed by atoms with Gasteiger partial charge in [-0.05, 0) is 49.6 Å². The van der Waals surface area contributed by atoms with Crippen LogP contribution in [0.3, 0.4) is 0 Å². The van der Waals surface area contributed by atoms with Crippen LogP contribution in [0.2, 0.25) is 0 Å². The Morgan fingerprint density at radius 1 is 1.15 bits per heavy atom. The number of aliphatic carboxylic acids is 1. The maximum atomic E-state index is 12.4. The van der Waals surface area contributed by atoms with Crippen LogP contribution in [-0.4, -0.2) is 23.1 Å². The fraction of sp³-hybridized carbons (Fsp3) is 0.250. The van der Waals surface area contributed by atoms with E-state index in [4.69, 9.17) is 10.00 Å². The van der Waals surface area contributed by atoms with Gasteiger partial charge in [-0.3, -0.25) is 4.79 Å². The molecule has 0 radical (unpaired) electrons. The van der Waals surface area contributed by atoms with E-state index in [-0.39, 0.29) is 5.75 Å². The van der Waals surface area contributed by atoms with Gasteiger partial charge in [-0.25, -0.2) is 4.79 Å². The maximum absolute atomic E-state index is 12.4. The van der Waals surface area contributed by atoms with Crippen LogP contribution >= 0.6 is 0 Å². The van der Waals surface area contributed by atoms with Gasteiger partial charge in [0, 0.05) is 0 Å². The number of amides is 1. The van der Waals surface area contributed by atoms with Gasteiger partial charge in [-0.1, -0.05) is 30.3 Å². The number of carbonyl (C=O) groups excluding carboxylic acids is 1. The number of rotatable bonds is 6. The van der Waals surface area contributed by atoms with E-state index >= 15 is 0 Å². The van der Waals surface area contributed by atoms with E-state index < -0.39 is 24.0 Å². The third kappa shape index (κ3) is 4.39. The zero-order valence-corrected chi connectivity index (χ0v) is 14.8. The van der Waals surface area contributed by atoms with Crippen LogP contribution in [0.25, 0.3) is 0 Å². The monoisotopic (exact) mass is 352 g/mol. The molecule has 0 aliphatic carbocycles. The number of hydrogen-bond acceptors (Lipinski definition) is 4. The number of carboxylic acids is 1. The van der Waals surface area contributed by atoms with Crippen LogP contribution in [-0.2, 0) is 9.59 Å². The van der Waals surface area contributed by atoms with E-state index in [1.807, 2.05) is 26.0 Å². The first-order chi connectivity index (χ1) is 12.3. The summed E-state index contributed by atoms with van der Waals surface area (Å²) in [6.45, 7) is 5.31. The molecule has 0 spiro atoms. The van der Waals surface area contributed by atoms with Crippen molar-refractivity contribution < 1.29 is 19.4 Å². The molecule has 1 amide bonds. The predicted molar refractivity (Wildman–Crippen MR) is 95.7 cm³/mol. The summed E-state index contributed by atoms with van der Waals surface area (Å²) in [5.41, 5.74) is 2.76. The third-order valence-electron chi connectivity index (χ3n) is 4.08. The second-order valence-electron chi connectivity index (χ2n) is 5.99. The fourth-order valence-electron chi connectivity index (χ4n) is 2.40. The van der Waals surface area contributed by atoms with Crippen LogP contribution in [0.4, 0.5) is 0 Å². The minimum Gasteiger partial charge on any atom is -0.480 e. The summed E-state index contributed by atoms with van der Waals surface area (Å²) in [4.78, 5) is 24.0. The van der Waals surface area contributed by atoms with Crippen molar-refractivity contribution in [3.63, 3.8) is 0 Å². The SMILES string of the molecule is Cc1ccc(C(NC(=O)C(C)Oc2ccccc2C#N)C(=O)O)cc1C. The molecule has 2 unspecified atom stereocenters. The van der Waals surface area contributed by atoms with Crippen LogP contribution in [0.15, 0.2) is 42.5 Å². The molecule has 134 valence electrons. The highest BCUT2D eigenvalue weighted by atomic mass is 16.5. The molecule has 2 atom stereocenters. The molecule has 0 aromatic heterocycles. The third-order valence-corrected chi connectivity index (χ3v) is 4.08. The van der Waals surface area contributed by atoms with Gasteiger partial charge in [0.05, 0.1) is 5.56 Å². The van der Waals surface area contributed by atoms with Gasteiger partial charge >= 0.3 is 5.97 Å². The number of carboxylic acid groups (broad SMARTS) is 1. The van der Waals surface area contributed by atoms with Crippen molar-refractivity contribution in [1.29, 1.82) is 5.26 Å². The van der Waals surface area contributed by atoms with E-state index in [0.29, 0.717) is 11.1 Å². The molecular formula is C20H20N2O4. The number of benzene rings is 2. The zero-order chi connectivity index (χ0) is 19.3. The van der Waals surface area contributed by atoms with Crippen molar-refractivity contribution in [3.8, 4) is 11.8 Å². The van der Waals surface area contributed by atoms with E-state index in [1.165, 1.54) is 6.92 Å². The highest BCUT2D eigenvalue weighted by Gasteiger charge is 2.26. The average Bonchev–Trinajstić information content (AvgIpc) is 2.62. The second kappa shape index (κ2) is 8.17. The van der Waals surface area contributed by atoms with Gasteiger partial charge in [0.1, 0.15) is 11.8 Å². The molecule has 26 heavy (non-hydrogen) atoms. The number of ether oxygens (including phenoxy) is 1. The Labute approximate surface area is 152 Å².